The van der Waals surface area contributed by atoms with Crippen molar-refractivity contribution in [3.8, 4) is 5.75 Å². The zero-order valence-electron chi connectivity index (χ0n) is 12.1. The molecule has 0 saturated carbocycles. The third-order valence-corrected chi connectivity index (χ3v) is 3.09. The van der Waals surface area contributed by atoms with Gasteiger partial charge in [-0.3, -0.25) is 0 Å². The van der Waals surface area contributed by atoms with Crippen molar-refractivity contribution in [2.24, 2.45) is 0 Å². The molecule has 0 spiro atoms. The number of benzene rings is 1. The minimum absolute atomic E-state index is 0.726. The van der Waals surface area contributed by atoms with Crippen LogP contribution in [0.1, 0.15) is 25.5 Å². The van der Waals surface area contributed by atoms with Gasteiger partial charge in [-0.1, -0.05) is 25.1 Å². The first kappa shape index (κ1) is 14.6. The molecule has 1 heterocycles. The summed E-state index contributed by atoms with van der Waals surface area (Å²) in [6.45, 7) is 5.76. The third-order valence-electron chi connectivity index (χ3n) is 3.09. The Kier molecular flexibility index (Phi) is 6.11. The first-order chi connectivity index (χ1) is 9.90. The summed E-state index contributed by atoms with van der Waals surface area (Å²) in [5, 5.41) is 3.40. The summed E-state index contributed by atoms with van der Waals surface area (Å²) in [6.07, 6.45) is 5.96. The Morgan fingerprint density at radius 1 is 1.25 bits per heavy atom. The number of hydrogen-bond donors (Lipinski definition) is 1. The highest BCUT2D eigenvalue weighted by Gasteiger charge is 2.01. The van der Waals surface area contributed by atoms with Crippen molar-refractivity contribution in [3.63, 3.8) is 0 Å². The maximum Gasteiger partial charge on any atom is 0.119 e. The molecule has 0 saturated heterocycles. The SMILES string of the molecule is CCCNCc1cncn1CCCOc1ccccc1. The lowest BCUT2D eigenvalue weighted by atomic mass is 10.3. The van der Waals surface area contributed by atoms with Crippen LogP contribution < -0.4 is 10.1 Å². The summed E-state index contributed by atoms with van der Waals surface area (Å²) in [5.74, 6) is 0.933. The summed E-state index contributed by atoms with van der Waals surface area (Å²) >= 11 is 0. The molecule has 2 rings (SSSR count). The minimum Gasteiger partial charge on any atom is -0.494 e. The lowest BCUT2D eigenvalue weighted by Gasteiger charge is -2.10. The number of nitrogens with one attached hydrogen (secondary N) is 1. The van der Waals surface area contributed by atoms with Crippen LogP contribution in [0.2, 0.25) is 0 Å². The number of rotatable bonds is 9. The second kappa shape index (κ2) is 8.38. The average Bonchev–Trinajstić information content (AvgIpc) is 2.93. The van der Waals surface area contributed by atoms with Crippen LogP contribution in [0, 0.1) is 0 Å². The van der Waals surface area contributed by atoms with Crippen LogP contribution >= 0.6 is 0 Å². The van der Waals surface area contributed by atoms with Crippen LogP contribution in [0.3, 0.4) is 0 Å². The molecule has 0 unspecified atom stereocenters. The number of aromatic nitrogens is 2. The first-order valence-corrected chi connectivity index (χ1v) is 7.27. The molecule has 0 amide bonds. The molecule has 1 N–H and O–H groups in total. The molecule has 0 atom stereocenters. The van der Waals surface area contributed by atoms with E-state index < -0.39 is 0 Å². The minimum atomic E-state index is 0.726. The fourth-order valence-electron chi connectivity index (χ4n) is 2.03. The van der Waals surface area contributed by atoms with E-state index in [0.29, 0.717) is 0 Å². The molecule has 1 aromatic carbocycles. The second-order valence-electron chi connectivity index (χ2n) is 4.77. The summed E-state index contributed by atoms with van der Waals surface area (Å²) in [7, 11) is 0. The van der Waals surface area contributed by atoms with Gasteiger partial charge >= 0.3 is 0 Å². The second-order valence-corrected chi connectivity index (χ2v) is 4.77. The largest absolute Gasteiger partial charge is 0.494 e. The molecule has 1 aromatic heterocycles. The summed E-state index contributed by atoms with van der Waals surface area (Å²) in [6, 6.07) is 9.94. The van der Waals surface area contributed by atoms with Gasteiger partial charge in [0.15, 0.2) is 0 Å². The van der Waals surface area contributed by atoms with Crippen LogP contribution in [-0.4, -0.2) is 22.7 Å². The van der Waals surface area contributed by atoms with Crippen molar-refractivity contribution in [3.05, 3.63) is 48.5 Å². The smallest absolute Gasteiger partial charge is 0.119 e. The molecule has 0 fully saturated rings. The Morgan fingerprint density at radius 2 is 2.10 bits per heavy atom. The summed E-state index contributed by atoms with van der Waals surface area (Å²) in [4.78, 5) is 4.22. The summed E-state index contributed by atoms with van der Waals surface area (Å²) in [5.41, 5.74) is 1.23. The molecular formula is C16H23N3O. The zero-order chi connectivity index (χ0) is 14.0. The molecular weight excluding hydrogens is 250 g/mol. The van der Waals surface area contributed by atoms with Crippen molar-refractivity contribution < 1.29 is 4.74 Å². The lowest BCUT2D eigenvalue weighted by molar-refractivity contribution is 0.301. The van der Waals surface area contributed by atoms with E-state index in [4.69, 9.17) is 4.74 Å². The predicted octanol–water partition coefficient (Wildman–Crippen LogP) is 2.85. The standard InChI is InChI=1S/C16H23N3O/c1-2-9-17-12-15-13-18-14-19(15)10-6-11-20-16-7-4-3-5-8-16/h3-5,7-8,13-14,17H,2,6,9-12H2,1H3. The van der Waals surface area contributed by atoms with Gasteiger partial charge in [0.2, 0.25) is 0 Å². The van der Waals surface area contributed by atoms with Gasteiger partial charge in [0.1, 0.15) is 5.75 Å². The maximum absolute atomic E-state index is 5.69. The van der Waals surface area contributed by atoms with Gasteiger partial charge in [-0.25, -0.2) is 4.98 Å². The number of hydrogen-bond acceptors (Lipinski definition) is 3. The fourth-order valence-corrected chi connectivity index (χ4v) is 2.03. The summed E-state index contributed by atoms with van der Waals surface area (Å²) < 4.78 is 7.88. The van der Waals surface area contributed by atoms with E-state index in [1.807, 2.05) is 42.9 Å². The van der Waals surface area contributed by atoms with Crippen molar-refractivity contribution >= 4 is 0 Å². The lowest BCUT2D eigenvalue weighted by Crippen LogP contribution is -2.17. The van der Waals surface area contributed by atoms with Crippen LogP contribution in [-0.2, 0) is 13.1 Å². The number of nitrogens with zero attached hydrogens (tertiary/aromatic N) is 2. The predicted molar refractivity (Wildman–Crippen MR) is 80.8 cm³/mol. The van der Waals surface area contributed by atoms with E-state index in [9.17, 15) is 0 Å². The van der Waals surface area contributed by atoms with E-state index in [2.05, 4.69) is 21.8 Å². The number of ether oxygens (including phenoxy) is 1. The van der Waals surface area contributed by atoms with Crippen molar-refractivity contribution in [2.45, 2.75) is 32.9 Å². The van der Waals surface area contributed by atoms with Gasteiger partial charge in [0.05, 0.1) is 18.6 Å². The molecule has 108 valence electrons. The third kappa shape index (κ3) is 4.70. The van der Waals surface area contributed by atoms with Crippen molar-refractivity contribution in [2.75, 3.05) is 13.2 Å². The molecule has 0 aliphatic carbocycles. The normalized spacial score (nSPS) is 10.7. The highest BCUT2D eigenvalue weighted by atomic mass is 16.5. The van der Waals surface area contributed by atoms with Gasteiger partial charge in [-0.2, -0.15) is 0 Å². The monoisotopic (exact) mass is 273 g/mol. The van der Waals surface area contributed by atoms with E-state index in [1.165, 1.54) is 5.69 Å². The van der Waals surface area contributed by atoms with Gasteiger partial charge in [-0.05, 0) is 31.5 Å². The van der Waals surface area contributed by atoms with Crippen LogP contribution in [0.25, 0.3) is 0 Å². The van der Waals surface area contributed by atoms with Crippen LogP contribution in [0.15, 0.2) is 42.9 Å². The Balaban J connectivity index is 1.70. The number of aryl methyl sites for hydroxylation is 1. The van der Waals surface area contributed by atoms with Crippen LogP contribution in [0.4, 0.5) is 0 Å². The van der Waals surface area contributed by atoms with Crippen LogP contribution in [0.5, 0.6) is 5.75 Å². The topological polar surface area (TPSA) is 39.1 Å². The molecule has 0 bridgehead atoms. The average molecular weight is 273 g/mol. The van der Waals surface area contributed by atoms with E-state index in [0.717, 1.165) is 44.8 Å². The van der Waals surface area contributed by atoms with Crippen molar-refractivity contribution in [1.29, 1.82) is 0 Å². The van der Waals surface area contributed by atoms with E-state index >= 15 is 0 Å². The van der Waals surface area contributed by atoms with Gasteiger partial charge in [0.25, 0.3) is 0 Å². The molecule has 0 radical (unpaired) electrons. The van der Waals surface area contributed by atoms with Crippen molar-refractivity contribution in [1.82, 2.24) is 14.9 Å². The van der Waals surface area contributed by atoms with Gasteiger partial charge in [-0.15, -0.1) is 0 Å². The first-order valence-electron chi connectivity index (χ1n) is 7.27. The Morgan fingerprint density at radius 3 is 2.90 bits per heavy atom. The maximum atomic E-state index is 5.69. The molecule has 0 aliphatic heterocycles. The zero-order valence-corrected chi connectivity index (χ0v) is 12.1. The molecule has 4 nitrogen and oxygen atoms in total. The Labute approximate surface area is 120 Å². The fraction of sp³-hybridized carbons (Fsp3) is 0.438. The molecule has 20 heavy (non-hydrogen) atoms. The highest BCUT2D eigenvalue weighted by molar-refractivity contribution is 5.20. The number of imidazole rings is 1. The molecule has 0 aliphatic rings. The Bertz CT molecular complexity index is 481. The van der Waals surface area contributed by atoms with E-state index in [1.54, 1.807) is 0 Å². The molecule has 2 aromatic rings. The number of para-hydroxylation sites is 1. The Hall–Kier alpha value is -1.81. The molecule has 4 heteroatoms. The van der Waals surface area contributed by atoms with Gasteiger partial charge < -0.3 is 14.6 Å². The van der Waals surface area contributed by atoms with E-state index in [-0.39, 0.29) is 0 Å². The van der Waals surface area contributed by atoms with Gasteiger partial charge in [0, 0.05) is 19.3 Å². The highest BCUT2D eigenvalue weighted by Crippen LogP contribution is 2.09. The quantitative estimate of drug-likeness (QED) is 0.714.